The molecule has 1 aliphatic rings. The molecule has 1 unspecified atom stereocenters. The number of benzene rings is 1. The number of carboxylic acids is 1. The first-order valence-corrected chi connectivity index (χ1v) is 7.33. The van der Waals surface area contributed by atoms with Crippen molar-refractivity contribution in [3.8, 4) is 0 Å². The number of thioether (sulfide) groups is 1. The topological polar surface area (TPSA) is 74.7 Å². The first kappa shape index (κ1) is 15.5. The lowest BCUT2D eigenvalue weighted by Gasteiger charge is -2.19. The van der Waals surface area contributed by atoms with Crippen molar-refractivity contribution in [1.29, 1.82) is 0 Å². The van der Waals surface area contributed by atoms with Gasteiger partial charge in [-0.25, -0.2) is 9.18 Å². The van der Waals surface area contributed by atoms with E-state index >= 15 is 0 Å². The zero-order valence-corrected chi connectivity index (χ0v) is 12.2. The summed E-state index contributed by atoms with van der Waals surface area (Å²) in [6.45, 7) is 1.80. The zero-order valence-electron chi connectivity index (χ0n) is 11.3. The number of aromatic carboxylic acids is 1. The highest BCUT2D eigenvalue weighted by molar-refractivity contribution is 8.13. The van der Waals surface area contributed by atoms with E-state index in [1.807, 2.05) is 0 Å². The number of hydrogen-bond acceptors (Lipinski definition) is 4. The average Bonchev–Trinajstić information content (AvgIpc) is 2.77. The Bertz CT molecular complexity index is 605. The monoisotopic (exact) mass is 311 g/mol. The van der Waals surface area contributed by atoms with Gasteiger partial charge in [0.2, 0.25) is 5.91 Å². The quantitative estimate of drug-likeness (QED) is 0.922. The Labute approximate surface area is 125 Å². The molecule has 2 rings (SSSR count). The maximum Gasteiger partial charge on any atom is 0.337 e. The maximum absolute atomic E-state index is 13.2. The van der Waals surface area contributed by atoms with Crippen molar-refractivity contribution in [2.45, 2.75) is 13.3 Å². The largest absolute Gasteiger partial charge is 0.478 e. The number of anilines is 1. The van der Waals surface area contributed by atoms with Crippen LogP contribution in [0.15, 0.2) is 18.2 Å². The smallest absolute Gasteiger partial charge is 0.337 e. The van der Waals surface area contributed by atoms with E-state index in [-0.39, 0.29) is 34.6 Å². The summed E-state index contributed by atoms with van der Waals surface area (Å²) in [4.78, 5) is 35.5. The van der Waals surface area contributed by atoms with Crippen LogP contribution in [0.2, 0.25) is 0 Å². The standard InChI is InChI=1S/C14H14FNO4S/c1-8(17)21-7-9-4-13(18)16(6-9)12-3-2-10(15)5-11(12)14(19)20/h2-3,5,9H,4,6-7H2,1H3,(H,19,20). The summed E-state index contributed by atoms with van der Waals surface area (Å²) in [6.07, 6.45) is 0.261. The molecule has 1 heterocycles. The van der Waals surface area contributed by atoms with Crippen LogP contribution in [0.5, 0.6) is 0 Å². The number of halogens is 1. The molecule has 0 saturated carbocycles. The summed E-state index contributed by atoms with van der Waals surface area (Å²) in [5.41, 5.74) is -0.0348. The predicted molar refractivity (Wildman–Crippen MR) is 77.0 cm³/mol. The van der Waals surface area contributed by atoms with E-state index in [0.29, 0.717) is 12.3 Å². The molecule has 1 aliphatic heterocycles. The van der Waals surface area contributed by atoms with Crippen molar-refractivity contribution < 1.29 is 23.9 Å². The third-order valence-corrected chi connectivity index (χ3v) is 4.25. The molecule has 1 saturated heterocycles. The van der Waals surface area contributed by atoms with Crippen molar-refractivity contribution in [1.82, 2.24) is 0 Å². The molecular formula is C14H14FNO4S. The summed E-state index contributed by atoms with van der Waals surface area (Å²) in [5, 5.41) is 9.11. The Morgan fingerprint density at radius 1 is 1.48 bits per heavy atom. The minimum atomic E-state index is -1.28. The number of nitrogens with zero attached hydrogens (tertiary/aromatic N) is 1. The van der Waals surface area contributed by atoms with Gasteiger partial charge in [-0.1, -0.05) is 11.8 Å². The Hall–Kier alpha value is -1.89. The second kappa shape index (κ2) is 6.26. The van der Waals surface area contributed by atoms with Crippen LogP contribution in [-0.4, -0.2) is 34.4 Å². The molecule has 5 nitrogen and oxygen atoms in total. The van der Waals surface area contributed by atoms with Crippen LogP contribution in [-0.2, 0) is 9.59 Å². The molecule has 0 spiro atoms. The van der Waals surface area contributed by atoms with Gasteiger partial charge >= 0.3 is 5.97 Å². The Morgan fingerprint density at radius 3 is 2.81 bits per heavy atom. The summed E-state index contributed by atoms with van der Waals surface area (Å²) in [7, 11) is 0. The number of carboxylic acid groups (broad SMARTS) is 1. The highest BCUT2D eigenvalue weighted by Gasteiger charge is 2.33. The molecule has 0 radical (unpaired) electrons. The molecule has 0 aliphatic carbocycles. The lowest BCUT2D eigenvalue weighted by molar-refractivity contribution is -0.117. The van der Waals surface area contributed by atoms with Gasteiger partial charge in [-0.15, -0.1) is 0 Å². The minimum absolute atomic E-state index is 0.0157. The molecular weight excluding hydrogens is 297 g/mol. The van der Waals surface area contributed by atoms with Crippen molar-refractivity contribution in [3.63, 3.8) is 0 Å². The van der Waals surface area contributed by atoms with Gasteiger partial charge in [0, 0.05) is 25.6 Å². The molecule has 1 aromatic rings. The summed E-state index contributed by atoms with van der Waals surface area (Å²) in [5.74, 6) is -1.65. The van der Waals surface area contributed by atoms with E-state index in [9.17, 15) is 18.8 Å². The van der Waals surface area contributed by atoms with E-state index in [1.165, 1.54) is 17.9 Å². The summed E-state index contributed by atoms with van der Waals surface area (Å²) >= 11 is 1.15. The van der Waals surface area contributed by atoms with Crippen LogP contribution in [0.1, 0.15) is 23.7 Å². The van der Waals surface area contributed by atoms with E-state index in [2.05, 4.69) is 0 Å². The normalized spacial score (nSPS) is 18.1. The van der Waals surface area contributed by atoms with Gasteiger partial charge in [0.1, 0.15) is 5.82 Å². The Morgan fingerprint density at radius 2 is 2.19 bits per heavy atom. The van der Waals surface area contributed by atoms with E-state index in [1.54, 1.807) is 0 Å². The van der Waals surface area contributed by atoms with Gasteiger partial charge in [0.15, 0.2) is 5.12 Å². The average molecular weight is 311 g/mol. The predicted octanol–water partition coefficient (Wildman–Crippen LogP) is 2.16. The van der Waals surface area contributed by atoms with E-state index < -0.39 is 11.8 Å². The Balaban J connectivity index is 2.21. The van der Waals surface area contributed by atoms with Gasteiger partial charge in [-0.05, 0) is 24.1 Å². The SMILES string of the molecule is CC(=O)SCC1CC(=O)N(c2ccc(F)cc2C(=O)O)C1. The van der Waals surface area contributed by atoms with Gasteiger partial charge in [-0.3, -0.25) is 9.59 Å². The van der Waals surface area contributed by atoms with Gasteiger partial charge < -0.3 is 10.0 Å². The lowest BCUT2D eigenvalue weighted by Crippen LogP contribution is -2.26. The summed E-state index contributed by atoms with van der Waals surface area (Å²) < 4.78 is 13.2. The second-order valence-corrected chi connectivity index (χ2v) is 6.04. The molecule has 0 aromatic heterocycles. The first-order chi connectivity index (χ1) is 9.88. The highest BCUT2D eigenvalue weighted by Crippen LogP contribution is 2.30. The number of hydrogen-bond donors (Lipinski definition) is 1. The maximum atomic E-state index is 13.2. The van der Waals surface area contributed by atoms with Crippen LogP contribution >= 0.6 is 11.8 Å². The van der Waals surface area contributed by atoms with Crippen LogP contribution in [0, 0.1) is 11.7 Å². The number of carbonyl (C=O) groups is 3. The molecule has 1 aromatic carbocycles. The van der Waals surface area contributed by atoms with E-state index in [4.69, 9.17) is 5.11 Å². The van der Waals surface area contributed by atoms with Crippen molar-refractivity contribution in [2.24, 2.45) is 5.92 Å². The van der Waals surface area contributed by atoms with Crippen LogP contribution in [0.3, 0.4) is 0 Å². The fraction of sp³-hybridized carbons (Fsp3) is 0.357. The third-order valence-electron chi connectivity index (χ3n) is 3.21. The fourth-order valence-electron chi connectivity index (χ4n) is 2.28. The second-order valence-electron chi connectivity index (χ2n) is 4.84. The highest BCUT2D eigenvalue weighted by atomic mass is 32.2. The molecule has 7 heteroatoms. The van der Waals surface area contributed by atoms with Gasteiger partial charge in [0.05, 0.1) is 11.3 Å². The van der Waals surface area contributed by atoms with Crippen molar-refractivity contribution >= 4 is 34.4 Å². The van der Waals surface area contributed by atoms with Crippen molar-refractivity contribution in [3.05, 3.63) is 29.6 Å². The molecule has 1 amide bonds. The number of amides is 1. The molecule has 1 fully saturated rings. The molecule has 1 atom stereocenters. The summed E-state index contributed by atoms with van der Waals surface area (Å²) in [6, 6.07) is 3.34. The van der Waals surface area contributed by atoms with Gasteiger partial charge in [0.25, 0.3) is 0 Å². The van der Waals surface area contributed by atoms with Gasteiger partial charge in [-0.2, -0.15) is 0 Å². The van der Waals surface area contributed by atoms with Crippen molar-refractivity contribution in [2.75, 3.05) is 17.2 Å². The first-order valence-electron chi connectivity index (χ1n) is 6.35. The number of rotatable bonds is 4. The lowest BCUT2D eigenvalue weighted by atomic mass is 10.1. The Kier molecular flexibility index (Phi) is 4.62. The van der Waals surface area contributed by atoms with Crippen LogP contribution in [0.25, 0.3) is 0 Å². The third kappa shape index (κ3) is 3.60. The van der Waals surface area contributed by atoms with Crippen LogP contribution in [0.4, 0.5) is 10.1 Å². The van der Waals surface area contributed by atoms with E-state index in [0.717, 1.165) is 23.9 Å². The molecule has 0 bridgehead atoms. The minimum Gasteiger partial charge on any atom is -0.478 e. The number of carbonyl (C=O) groups excluding carboxylic acids is 2. The zero-order chi connectivity index (χ0) is 15.6. The fourth-order valence-corrected chi connectivity index (χ4v) is 2.97. The molecule has 1 N–H and O–H groups in total. The molecule has 112 valence electrons. The van der Waals surface area contributed by atoms with Crippen LogP contribution < -0.4 is 4.90 Å². The molecule has 21 heavy (non-hydrogen) atoms.